The molecule has 0 radical (unpaired) electrons. The van der Waals surface area contributed by atoms with Crippen molar-refractivity contribution >= 4 is 10.5 Å². The van der Waals surface area contributed by atoms with Gasteiger partial charge in [0.1, 0.15) is 0 Å². The molecule has 0 aromatic carbocycles. The fraction of sp³-hybridized carbons (Fsp3) is 0. The van der Waals surface area contributed by atoms with E-state index in [4.69, 9.17) is 10.5 Å². The first-order valence-electron chi connectivity index (χ1n) is 0.849. The van der Waals surface area contributed by atoms with Crippen LogP contribution in [0.3, 0.4) is 0 Å². The van der Waals surface area contributed by atoms with E-state index >= 15 is 0 Å². The van der Waals surface area contributed by atoms with Crippen LogP contribution in [0.4, 0.5) is 0 Å². The topological polar surface area (TPSA) is 53.2 Å². The summed E-state index contributed by atoms with van der Waals surface area (Å²) in [5, 5.41) is 13.6. The lowest BCUT2D eigenvalue weighted by atomic mass is 11.9. The second-order valence-electron chi connectivity index (χ2n) is 0.183. The largest absolute Gasteiger partial charge is 0.301 e. The first kappa shape index (κ1) is 8.82. The van der Waals surface area contributed by atoms with Crippen molar-refractivity contribution < 1.29 is 9.83 Å². The Morgan fingerprint density at radius 3 is 1.80 bits per heavy atom. The van der Waals surface area contributed by atoms with Crippen molar-refractivity contribution in [3.05, 3.63) is 0 Å². The van der Waals surface area contributed by atoms with Gasteiger partial charge >= 0.3 is 0 Å². The Balaban J connectivity index is 0. The van der Waals surface area contributed by atoms with Gasteiger partial charge in [0.05, 0.1) is 0 Å². The highest BCUT2D eigenvalue weighted by Crippen LogP contribution is 1.22. The zero-order valence-corrected chi connectivity index (χ0v) is 4.88. The van der Waals surface area contributed by atoms with E-state index in [-0.39, 0.29) is 0 Å². The molecule has 30 valence electrons. The molecule has 0 saturated carbocycles. The van der Waals surface area contributed by atoms with Gasteiger partial charge in [-0.15, -0.1) is 0 Å². The second kappa shape index (κ2) is 63.7. The van der Waals surface area contributed by atoms with Crippen molar-refractivity contribution in [2.45, 2.75) is 0 Å². The van der Waals surface area contributed by atoms with Crippen LogP contribution in [0.5, 0.6) is 0 Å². The van der Waals surface area contributed by atoms with Crippen LogP contribution < -0.4 is 0 Å². The van der Waals surface area contributed by atoms with E-state index in [0.29, 0.717) is 10.5 Å². The molecule has 0 aromatic heterocycles. The van der Waals surface area contributed by atoms with Crippen LogP contribution >= 0.6 is 0 Å². The molecule has 0 heterocycles. The van der Waals surface area contributed by atoms with Crippen molar-refractivity contribution in [1.82, 2.24) is 0 Å². The lowest BCUT2D eigenvalue weighted by Gasteiger charge is -1.60. The van der Waals surface area contributed by atoms with Crippen molar-refractivity contribution in [2.24, 2.45) is 0 Å². The SMILES string of the molecule is C#N.OO[SiH3]. The number of hydrogen-bond acceptors (Lipinski definition) is 3. The predicted molar refractivity (Wildman–Crippen MR) is 20.3 cm³/mol. The molecule has 0 atom stereocenters. The number of rotatable bonds is 0. The first-order valence-corrected chi connectivity index (χ1v) is 1.67. The normalized spacial score (nSPS) is 4.60. The fourth-order valence-electron chi connectivity index (χ4n) is 0. The van der Waals surface area contributed by atoms with E-state index in [0.717, 1.165) is 0 Å². The van der Waals surface area contributed by atoms with Crippen molar-refractivity contribution in [1.29, 1.82) is 5.26 Å². The maximum Gasteiger partial charge on any atom is 0.193 e. The molecule has 0 spiro atoms. The second-order valence-corrected chi connectivity index (χ2v) is 0.548. The van der Waals surface area contributed by atoms with Gasteiger partial charge in [0.2, 0.25) is 0 Å². The zero-order valence-electron chi connectivity index (χ0n) is 2.88. The summed E-state index contributed by atoms with van der Waals surface area (Å²) < 4.78 is 3.39. The smallest absolute Gasteiger partial charge is 0.193 e. The molecule has 3 nitrogen and oxygen atoms in total. The van der Waals surface area contributed by atoms with Crippen molar-refractivity contribution in [3.63, 3.8) is 0 Å². The molecule has 0 amide bonds. The zero-order chi connectivity index (χ0) is 4.71. The fourth-order valence-corrected chi connectivity index (χ4v) is 0. The molecule has 1 N–H and O–H groups in total. The summed E-state index contributed by atoms with van der Waals surface area (Å²) in [5.74, 6) is 0. The van der Waals surface area contributed by atoms with Crippen LogP contribution in [0, 0.1) is 11.8 Å². The average molecular weight is 91.1 g/mol. The molecule has 0 bridgehead atoms. The minimum Gasteiger partial charge on any atom is -0.301 e. The van der Waals surface area contributed by atoms with Gasteiger partial charge in [-0.05, 0) is 0 Å². The molecule has 0 aliphatic rings. The highest BCUT2D eigenvalue weighted by Gasteiger charge is 1.27. The van der Waals surface area contributed by atoms with Gasteiger partial charge in [-0.3, -0.25) is 5.26 Å². The van der Waals surface area contributed by atoms with Crippen molar-refractivity contribution in [3.8, 4) is 6.57 Å². The Labute approximate surface area is 33.3 Å². The van der Waals surface area contributed by atoms with Crippen LogP contribution in [0.25, 0.3) is 0 Å². The molecule has 0 unspecified atom stereocenters. The highest BCUT2D eigenvalue weighted by molar-refractivity contribution is 5.97. The lowest BCUT2D eigenvalue weighted by molar-refractivity contribution is -0.131. The minimum absolute atomic E-state index is 0.424. The summed E-state index contributed by atoms with van der Waals surface area (Å²) in [7, 11) is 0.424. The molecule has 0 fully saturated rings. The van der Waals surface area contributed by atoms with E-state index in [9.17, 15) is 0 Å². The van der Waals surface area contributed by atoms with Crippen LogP contribution in [-0.4, -0.2) is 15.7 Å². The van der Waals surface area contributed by atoms with E-state index in [1.54, 1.807) is 0 Å². The van der Waals surface area contributed by atoms with Gasteiger partial charge < -0.3 is 4.58 Å². The Morgan fingerprint density at radius 2 is 1.80 bits per heavy atom. The first-order chi connectivity index (χ1) is 2.41. The summed E-state index contributed by atoms with van der Waals surface area (Å²) in [4.78, 5) is 0. The van der Waals surface area contributed by atoms with Gasteiger partial charge in [0.15, 0.2) is 10.5 Å². The van der Waals surface area contributed by atoms with Crippen LogP contribution in [0.15, 0.2) is 0 Å². The Morgan fingerprint density at radius 1 is 1.80 bits per heavy atom. The Kier molecular flexibility index (Phi) is 112. The molecular formula is CH5NO2Si. The Hall–Kier alpha value is -0.373. The Bertz CT molecular complexity index is 20.9. The average Bonchev–Trinajstić information content (AvgIpc) is 1.46. The van der Waals surface area contributed by atoms with Crippen LogP contribution in [0.1, 0.15) is 0 Å². The molecule has 5 heavy (non-hydrogen) atoms. The molecule has 0 saturated heterocycles. The van der Waals surface area contributed by atoms with Gasteiger partial charge in [0, 0.05) is 6.57 Å². The van der Waals surface area contributed by atoms with Gasteiger partial charge in [-0.25, -0.2) is 5.26 Å². The van der Waals surface area contributed by atoms with Gasteiger partial charge in [-0.1, -0.05) is 0 Å². The van der Waals surface area contributed by atoms with Crippen LogP contribution in [0.2, 0.25) is 0 Å². The standard InChI is InChI=1S/CHN.H4O2Si/c1-2;1-2-3/h1H;1H,3H3. The maximum absolute atomic E-state index is 7.13. The quantitative estimate of drug-likeness (QED) is 0.234. The van der Waals surface area contributed by atoms with Gasteiger partial charge in [-0.2, -0.15) is 0 Å². The monoisotopic (exact) mass is 91.0 g/mol. The number of nitrogens with zero attached hydrogens (tertiary/aromatic N) is 1. The lowest BCUT2D eigenvalue weighted by Crippen LogP contribution is -1.62. The van der Waals surface area contributed by atoms with E-state index in [1.165, 1.54) is 0 Å². The van der Waals surface area contributed by atoms with E-state index in [1.807, 2.05) is 0 Å². The highest BCUT2D eigenvalue weighted by atomic mass is 28.2. The van der Waals surface area contributed by atoms with Crippen molar-refractivity contribution in [2.75, 3.05) is 0 Å². The summed E-state index contributed by atoms with van der Waals surface area (Å²) in [5.41, 5.74) is 0. The summed E-state index contributed by atoms with van der Waals surface area (Å²) in [6, 6.07) is 0. The molecule has 0 aliphatic carbocycles. The minimum atomic E-state index is 0.424. The number of nitriles is 1. The summed E-state index contributed by atoms with van der Waals surface area (Å²) in [6.07, 6.45) is 0. The third-order valence-electron chi connectivity index (χ3n) is 0. The van der Waals surface area contributed by atoms with E-state index < -0.39 is 0 Å². The molecule has 0 aliphatic heterocycles. The molecular weight excluding hydrogens is 86.1 g/mol. The summed E-state index contributed by atoms with van der Waals surface area (Å²) in [6.45, 7) is 3.50. The number of hydrogen-bond donors (Lipinski definition) is 1. The third-order valence-corrected chi connectivity index (χ3v) is 0. The maximum atomic E-state index is 7.13. The molecule has 4 heteroatoms. The summed E-state index contributed by atoms with van der Waals surface area (Å²) >= 11 is 0. The van der Waals surface area contributed by atoms with Gasteiger partial charge in [0.25, 0.3) is 0 Å². The predicted octanol–water partition coefficient (Wildman–Crippen LogP) is -1.10. The molecule has 0 aromatic rings. The van der Waals surface area contributed by atoms with Crippen LogP contribution in [-0.2, 0) is 4.58 Å². The molecule has 0 rings (SSSR count). The third kappa shape index (κ3) is 69.0. The van der Waals surface area contributed by atoms with E-state index in [2.05, 4.69) is 11.1 Å².